The Balaban J connectivity index is 2.70. The molecule has 1 aromatic carbocycles. The number of benzene rings is 1. The maximum atomic E-state index is 12.5. The first-order valence-corrected chi connectivity index (χ1v) is 8.04. The zero-order valence-corrected chi connectivity index (χ0v) is 14.8. The van der Waals surface area contributed by atoms with Crippen molar-refractivity contribution in [3.63, 3.8) is 0 Å². The number of aryl methyl sites for hydroxylation is 1. The van der Waals surface area contributed by atoms with E-state index in [1.807, 2.05) is 52.0 Å². The van der Waals surface area contributed by atoms with Crippen LogP contribution >= 0.6 is 0 Å². The third kappa shape index (κ3) is 6.30. The first-order valence-electron chi connectivity index (χ1n) is 8.04. The van der Waals surface area contributed by atoms with E-state index in [0.717, 1.165) is 5.56 Å². The van der Waals surface area contributed by atoms with E-state index >= 15 is 0 Å². The lowest BCUT2D eigenvalue weighted by Gasteiger charge is -2.24. The standard InChI is InChI=1S/C18H28N2O3/c1-11(2)16(20-18(22)23-12(3)4)17(21)19-14(6)15-9-7-13(5)8-10-15/h7-12,14,16H,1-6H3,(H,19,21)(H,20,22)/t14-,16-/m0/s1. The molecule has 128 valence electrons. The molecule has 2 atom stereocenters. The Morgan fingerprint density at radius 3 is 2.00 bits per heavy atom. The van der Waals surface area contributed by atoms with Gasteiger partial charge in [-0.25, -0.2) is 4.79 Å². The molecule has 1 rings (SSSR count). The number of nitrogens with one attached hydrogen (secondary N) is 2. The average molecular weight is 320 g/mol. The summed E-state index contributed by atoms with van der Waals surface area (Å²) in [6, 6.07) is 7.24. The number of rotatable bonds is 6. The molecule has 0 bridgehead atoms. The largest absolute Gasteiger partial charge is 0.447 e. The van der Waals surface area contributed by atoms with E-state index in [1.165, 1.54) is 5.56 Å². The second-order valence-electron chi connectivity index (χ2n) is 6.46. The van der Waals surface area contributed by atoms with Crippen molar-refractivity contribution in [1.82, 2.24) is 10.6 Å². The predicted octanol–water partition coefficient (Wildman–Crippen LogP) is 3.33. The van der Waals surface area contributed by atoms with Gasteiger partial charge in [0.05, 0.1) is 12.1 Å². The smallest absolute Gasteiger partial charge is 0.408 e. The normalized spacial score (nSPS) is 13.6. The van der Waals surface area contributed by atoms with Gasteiger partial charge in [-0.2, -0.15) is 0 Å². The SMILES string of the molecule is Cc1ccc([C@H](C)NC(=O)[C@@H](NC(=O)OC(C)C)C(C)C)cc1. The van der Waals surface area contributed by atoms with Gasteiger partial charge in [-0.05, 0) is 39.2 Å². The Morgan fingerprint density at radius 1 is 0.957 bits per heavy atom. The zero-order chi connectivity index (χ0) is 17.6. The molecule has 0 aliphatic heterocycles. The number of hydrogen-bond donors (Lipinski definition) is 2. The first kappa shape index (κ1) is 19.0. The maximum absolute atomic E-state index is 12.5. The molecule has 5 nitrogen and oxygen atoms in total. The first-order chi connectivity index (χ1) is 10.7. The molecule has 1 aromatic rings. The van der Waals surface area contributed by atoms with Crippen LogP contribution in [0.4, 0.5) is 4.79 Å². The van der Waals surface area contributed by atoms with E-state index in [4.69, 9.17) is 4.74 Å². The minimum absolute atomic E-state index is 0.0417. The van der Waals surface area contributed by atoms with Crippen molar-refractivity contribution in [1.29, 1.82) is 0 Å². The minimum Gasteiger partial charge on any atom is -0.447 e. The van der Waals surface area contributed by atoms with Crippen LogP contribution in [0, 0.1) is 12.8 Å². The molecule has 0 radical (unpaired) electrons. The molecule has 2 N–H and O–H groups in total. The molecule has 0 aliphatic rings. The van der Waals surface area contributed by atoms with Crippen molar-refractivity contribution < 1.29 is 14.3 Å². The van der Waals surface area contributed by atoms with Crippen LogP contribution < -0.4 is 10.6 Å². The summed E-state index contributed by atoms with van der Waals surface area (Å²) in [6.07, 6.45) is -0.797. The van der Waals surface area contributed by atoms with Gasteiger partial charge in [0, 0.05) is 0 Å². The number of hydrogen-bond acceptors (Lipinski definition) is 3. The summed E-state index contributed by atoms with van der Waals surface area (Å²) in [5, 5.41) is 5.59. The lowest BCUT2D eigenvalue weighted by atomic mass is 10.0. The molecule has 5 heteroatoms. The summed E-state index contributed by atoms with van der Waals surface area (Å²) in [7, 11) is 0. The highest BCUT2D eigenvalue weighted by Gasteiger charge is 2.26. The van der Waals surface area contributed by atoms with Gasteiger partial charge in [0.2, 0.25) is 5.91 Å². The fraction of sp³-hybridized carbons (Fsp3) is 0.556. The van der Waals surface area contributed by atoms with Crippen molar-refractivity contribution in [3.8, 4) is 0 Å². The highest BCUT2D eigenvalue weighted by atomic mass is 16.6. The Bertz CT molecular complexity index is 524. The molecule has 0 saturated carbocycles. The lowest BCUT2D eigenvalue weighted by molar-refractivity contribution is -0.124. The number of carbonyl (C=O) groups excluding carboxylic acids is 2. The molecule has 0 heterocycles. The van der Waals surface area contributed by atoms with Crippen LogP contribution in [0.1, 0.15) is 51.8 Å². The van der Waals surface area contributed by atoms with Gasteiger partial charge < -0.3 is 15.4 Å². The Kier molecular flexibility index (Phi) is 7.07. The lowest BCUT2D eigenvalue weighted by Crippen LogP contribution is -2.50. The average Bonchev–Trinajstić information content (AvgIpc) is 2.44. The number of amides is 2. The van der Waals surface area contributed by atoms with Gasteiger partial charge in [-0.3, -0.25) is 4.79 Å². The summed E-state index contributed by atoms with van der Waals surface area (Å²) >= 11 is 0. The molecule has 0 aliphatic carbocycles. The molecule has 0 saturated heterocycles. The molecule has 0 unspecified atom stereocenters. The van der Waals surface area contributed by atoms with Crippen LogP contribution in [0.25, 0.3) is 0 Å². The molecular weight excluding hydrogens is 292 g/mol. The number of ether oxygens (including phenoxy) is 1. The number of alkyl carbamates (subject to hydrolysis) is 1. The van der Waals surface area contributed by atoms with Crippen LogP contribution in [-0.2, 0) is 9.53 Å². The van der Waals surface area contributed by atoms with Crippen LogP contribution in [0.15, 0.2) is 24.3 Å². The molecule has 0 spiro atoms. The zero-order valence-electron chi connectivity index (χ0n) is 14.8. The molecule has 2 amide bonds. The van der Waals surface area contributed by atoms with Crippen LogP contribution in [0.2, 0.25) is 0 Å². The monoisotopic (exact) mass is 320 g/mol. The van der Waals surface area contributed by atoms with Gasteiger partial charge in [-0.1, -0.05) is 43.7 Å². The van der Waals surface area contributed by atoms with E-state index in [2.05, 4.69) is 10.6 Å². The summed E-state index contributed by atoms with van der Waals surface area (Å²) in [5.74, 6) is -0.256. The Labute approximate surface area is 138 Å². The highest BCUT2D eigenvalue weighted by molar-refractivity contribution is 5.86. The summed E-state index contributed by atoms with van der Waals surface area (Å²) in [5.41, 5.74) is 2.20. The van der Waals surface area contributed by atoms with Crippen molar-refractivity contribution in [3.05, 3.63) is 35.4 Å². The molecular formula is C18H28N2O3. The van der Waals surface area contributed by atoms with Crippen molar-refractivity contribution >= 4 is 12.0 Å². The van der Waals surface area contributed by atoms with Crippen molar-refractivity contribution in [2.24, 2.45) is 5.92 Å². The van der Waals surface area contributed by atoms with E-state index < -0.39 is 12.1 Å². The van der Waals surface area contributed by atoms with E-state index in [1.54, 1.807) is 13.8 Å². The molecule has 23 heavy (non-hydrogen) atoms. The van der Waals surface area contributed by atoms with E-state index in [0.29, 0.717) is 0 Å². The third-order valence-electron chi connectivity index (χ3n) is 3.50. The second kappa shape index (κ2) is 8.56. The Hall–Kier alpha value is -2.04. The summed E-state index contributed by atoms with van der Waals surface area (Å²) in [6.45, 7) is 11.2. The van der Waals surface area contributed by atoms with E-state index in [9.17, 15) is 9.59 Å². The van der Waals surface area contributed by atoms with Gasteiger partial charge in [0.25, 0.3) is 0 Å². The Morgan fingerprint density at radius 2 is 1.52 bits per heavy atom. The number of carbonyl (C=O) groups is 2. The van der Waals surface area contributed by atoms with Crippen molar-refractivity contribution in [2.45, 2.75) is 59.7 Å². The van der Waals surface area contributed by atoms with Crippen molar-refractivity contribution in [2.75, 3.05) is 0 Å². The van der Waals surface area contributed by atoms with Crippen LogP contribution in [0.3, 0.4) is 0 Å². The third-order valence-corrected chi connectivity index (χ3v) is 3.50. The van der Waals surface area contributed by atoms with Gasteiger partial charge in [-0.15, -0.1) is 0 Å². The van der Waals surface area contributed by atoms with Crippen LogP contribution in [0.5, 0.6) is 0 Å². The summed E-state index contributed by atoms with van der Waals surface area (Å²) < 4.78 is 5.05. The van der Waals surface area contributed by atoms with Gasteiger partial charge in [0.15, 0.2) is 0 Å². The second-order valence-corrected chi connectivity index (χ2v) is 6.46. The highest BCUT2D eigenvalue weighted by Crippen LogP contribution is 2.14. The fourth-order valence-corrected chi connectivity index (χ4v) is 2.15. The molecule has 0 aromatic heterocycles. The van der Waals surface area contributed by atoms with Gasteiger partial charge >= 0.3 is 6.09 Å². The topological polar surface area (TPSA) is 67.4 Å². The fourth-order valence-electron chi connectivity index (χ4n) is 2.15. The molecule has 0 fully saturated rings. The van der Waals surface area contributed by atoms with Gasteiger partial charge in [0.1, 0.15) is 6.04 Å². The van der Waals surface area contributed by atoms with E-state index in [-0.39, 0.29) is 24.0 Å². The quantitative estimate of drug-likeness (QED) is 0.845. The van der Waals surface area contributed by atoms with Crippen LogP contribution in [-0.4, -0.2) is 24.1 Å². The minimum atomic E-state index is -0.630. The predicted molar refractivity (Wildman–Crippen MR) is 91.1 cm³/mol. The maximum Gasteiger partial charge on any atom is 0.408 e. The summed E-state index contributed by atoms with van der Waals surface area (Å²) in [4.78, 5) is 24.2.